The van der Waals surface area contributed by atoms with E-state index < -0.39 is 11.0 Å². The van der Waals surface area contributed by atoms with E-state index in [1.165, 1.54) is 23.1 Å². The number of nitro benzene ring substituents is 1. The number of fused-ring (bicyclic) bond motifs is 1. The molecular weight excluding hydrogens is 346 g/mol. The molecule has 1 amide bonds. The molecule has 1 N–H and O–H groups in total. The van der Waals surface area contributed by atoms with Gasteiger partial charge in [-0.2, -0.15) is 0 Å². The number of amides is 1. The standard InChI is InChI=1S/C20H21N3O4/c1-14(18-12-22(2)19-6-4-3-5-17(18)19)11-21-20(24)27-13-15-7-9-16(10-8-15)23(25)26/h3-10,12,14H,11,13H2,1-2H3,(H,21,24)/t14-/m0/s1. The Morgan fingerprint density at radius 1 is 1.22 bits per heavy atom. The third kappa shape index (κ3) is 4.25. The lowest BCUT2D eigenvalue weighted by Crippen LogP contribution is -2.28. The van der Waals surface area contributed by atoms with Crippen LogP contribution in [0.5, 0.6) is 0 Å². The van der Waals surface area contributed by atoms with Crippen LogP contribution in [0.1, 0.15) is 24.0 Å². The Bertz CT molecular complexity index is 963. The number of nitrogens with one attached hydrogen (secondary N) is 1. The highest BCUT2D eigenvalue weighted by molar-refractivity contribution is 5.84. The van der Waals surface area contributed by atoms with Crippen LogP contribution in [0.3, 0.4) is 0 Å². The van der Waals surface area contributed by atoms with Crippen LogP contribution in [0.15, 0.2) is 54.7 Å². The van der Waals surface area contributed by atoms with E-state index in [1.54, 1.807) is 12.1 Å². The second kappa shape index (κ2) is 7.90. The molecule has 0 spiro atoms. The van der Waals surface area contributed by atoms with Gasteiger partial charge in [-0.25, -0.2) is 4.79 Å². The van der Waals surface area contributed by atoms with Crippen LogP contribution in [0.25, 0.3) is 10.9 Å². The molecule has 0 saturated carbocycles. The van der Waals surface area contributed by atoms with Crippen LogP contribution in [-0.4, -0.2) is 22.1 Å². The van der Waals surface area contributed by atoms with E-state index in [1.807, 2.05) is 19.2 Å². The summed E-state index contributed by atoms with van der Waals surface area (Å²) in [7, 11) is 2.00. The smallest absolute Gasteiger partial charge is 0.407 e. The van der Waals surface area contributed by atoms with E-state index in [0.717, 1.165) is 5.52 Å². The largest absolute Gasteiger partial charge is 0.445 e. The molecule has 0 fully saturated rings. The number of hydrogen-bond donors (Lipinski definition) is 1. The number of nitrogens with zero attached hydrogens (tertiary/aromatic N) is 2. The SMILES string of the molecule is C[C@@H](CNC(=O)OCc1ccc([N+](=O)[O-])cc1)c1cn(C)c2ccccc12. The van der Waals surface area contributed by atoms with Crippen molar-refractivity contribution in [3.63, 3.8) is 0 Å². The lowest BCUT2D eigenvalue weighted by Gasteiger charge is -2.12. The van der Waals surface area contributed by atoms with Crippen LogP contribution >= 0.6 is 0 Å². The summed E-state index contributed by atoms with van der Waals surface area (Å²) in [5.41, 5.74) is 3.02. The van der Waals surface area contributed by atoms with Gasteiger partial charge in [-0.1, -0.05) is 25.1 Å². The van der Waals surface area contributed by atoms with Gasteiger partial charge in [0, 0.05) is 48.7 Å². The quantitative estimate of drug-likeness (QED) is 0.524. The second-order valence-corrected chi connectivity index (χ2v) is 6.49. The maximum absolute atomic E-state index is 11.9. The molecule has 0 bridgehead atoms. The number of carbonyl (C=O) groups excluding carboxylic acids is 1. The molecule has 0 unspecified atom stereocenters. The summed E-state index contributed by atoms with van der Waals surface area (Å²) in [6.07, 6.45) is 1.57. The average molecular weight is 367 g/mol. The zero-order valence-corrected chi connectivity index (χ0v) is 15.2. The van der Waals surface area contributed by atoms with Gasteiger partial charge in [-0.3, -0.25) is 10.1 Å². The number of aryl methyl sites for hydroxylation is 1. The predicted octanol–water partition coefficient (Wildman–Crippen LogP) is 4.12. The molecule has 1 aromatic heterocycles. The summed E-state index contributed by atoms with van der Waals surface area (Å²) in [4.78, 5) is 22.1. The number of nitro groups is 1. The highest BCUT2D eigenvalue weighted by Crippen LogP contribution is 2.26. The molecule has 7 heteroatoms. The number of alkyl carbamates (subject to hydrolysis) is 1. The minimum atomic E-state index is -0.513. The van der Waals surface area contributed by atoms with Crippen molar-refractivity contribution in [3.05, 3.63) is 76.0 Å². The number of non-ortho nitro benzene ring substituents is 1. The number of rotatable bonds is 6. The number of ether oxygens (including phenoxy) is 1. The van der Waals surface area contributed by atoms with Gasteiger partial charge >= 0.3 is 6.09 Å². The first-order chi connectivity index (χ1) is 13.0. The molecule has 7 nitrogen and oxygen atoms in total. The lowest BCUT2D eigenvalue weighted by molar-refractivity contribution is -0.384. The topological polar surface area (TPSA) is 86.4 Å². The molecule has 3 rings (SSSR count). The van der Waals surface area contributed by atoms with Crippen LogP contribution in [0.2, 0.25) is 0 Å². The predicted molar refractivity (Wildman–Crippen MR) is 103 cm³/mol. The van der Waals surface area contributed by atoms with Crippen molar-refractivity contribution in [2.45, 2.75) is 19.4 Å². The van der Waals surface area contributed by atoms with E-state index >= 15 is 0 Å². The molecule has 0 radical (unpaired) electrons. The molecule has 2 aromatic carbocycles. The Morgan fingerprint density at radius 2 is 1.93 bits per heavy atom. The van der Waals surface area contributed by atoms with E-state index in [0.29, 0.717) is 12.1 Å². The van der Waals surface area contributed by atoms with Gasteiger partial charge in [0.15, 0.2) is 0 Å². The van der Waals surface area contributed by atoms with Gasteiger partial charge in [0.2, 0.25) is 0 Å². The first-order valence-corrected chi connectivity index (χ1v) is 8.63. The monoisotopic (exact) mass is 367 g/mol. The van der Waals surface area contributed by atoms with Gasteiger partial charge in [0.25, 0.3) is 5.69 Å². The third-order valence-electron chi connectivity index (χ3n) is 4.53. The van der Waals surface area contributed by atoms with E-state index in [-0.39, 0.29) is 18.2 Å². The van der Waals surface area contributed by atoms with Gasteiger partial charge in [-0.05, 0) is 29.3 Å². The molecule has 0 saturated heterocycles. The van der Waals surface area contributed by atoms with Crippen LogP contribution in [-0.2, 0) is 18.4 Å². The fourth-order valence-corrected chi connectivity index (χ4v) is 3.03. The van der Waals surface area contributed by atoms with Crippen molar-refractivity contribution < 1.29 is 14.5 Å². The highest BCUT2D eigenvalue weighted by atomic mass is 16.6. The van der Waals surface area contributed by atoms with Crippen molar-refractivity contribution in [2.24, 2.45) is 7.05 Å². The molecule has 0 aliphatic carbocycles. The van der Waals surface area contributed by atoms with Gasteiger partial charge < -0.3 is 14.6 Å². The Labute approximate surface area is 156 Å². The summed E-state index contributed by atoms with van der Waals surface area (Å²) in [5.74, 6) is 0.128. The van der Waals surface area contributed by atoms with Crippen LogP contribution < -0.4 is 5.32 Å². The summed E-state index contributed by atoms with van der Waals surface area (Å²) in [5, 5.41) is 14.6. The molecule has 3 aromatic rings. The summed E-state index contributed by atoms with van der Waals surface area (Å²) in [6.45, 7) is 2.57. The van der Waals surface area contributed by atoms with Crippen molar-refractivity contribution in [1.29, 1.82) is 0 Å². The first kappa shape index (κ1) is 18.4. The molecule has 0 aliphatic rings. The number of para-hydroxylation sites is 1. The summed E-state index contributed by atoms with van der Waals surface area (Å²) < 4.78 is 7.26. The maximum Gasteiger partial charge on any atom is 0.407 e. The minimum Gasteiger partial charge on any atom is -0.445 e. The Hall–Kier alpha value is -3.35. The zero-order valence-electron chi connectivity index (χ0n) is 15.2. The molecule has 0 aliphatic heterocycles. The van der Waals surface area contributed by atoms with Crippen molar-refractivity contribution in [2.75, 3.05) is 6.54 Å². The summed E-state index contributed by atoms with van der Waals surface area (Å²) >= 11 is 0. The number of benzene rings is 2. The van der Waals surface area contributed by atoms with Gasteiger partial charge in [0.1, 0.15) is 6.61 Å². The molecule has 1 atom stereocenters. The molecule has 140 valence electrons. The van der Waals surface area contributed by atoms with E-state index in [4.69, 9.17) is 4.74 Å². The minimum absolute atomic E-state index is 0.00659. The Morgan fingerprint density at radius 3 is 2.63 bits per heavy atom. The Kier molecular flexibility index (Phi) is 5.40. The Balaban J connectivity index is 1.53. The average Bonchev–Trinajstić information content (AvgIpc) is 3.02. The first-order valence-electron chi connectivity index (χ1n) is 8.63. The van der Waals surface area contributed by atoms with E-state index in [2.05, 4.69) is 35.1 Å². The van der Waals surface area contributed by atoms with Crippen molar-refractivity contribution in [3.8, 4) is 0 Å². The van der Waals surface area contributed by atoms with E-state index in [9.17, 15) is 14.9 Å². The fraction of sp³-hybridized carbons (Fsp3) is 0.250. The lowest BCUT2D eigenvalue weighted by atomic mass is 10.0. The van der Waals surface area contributed by atoms with Crippen molar-refractivity contribution >= 4 is 22.7 Å². The third-order valence-corrected chi connectivity index (χ3v) is 4.53. The zero-order chi connectivity index (χ0) is 19.4. The molecule has 27 heavy (non-hydrogen) atoms. The molecular formula is C20H21N3O4. The summed E-state index contributed by atoms with van der Waals surface area (Å²) in [6, 6.07) is 14.1. The number of hydrogen-bond acceptors (Lipinski definition) is 4. The molecule has 1 heterocycles. The normalized spacial score (nSPS) is 11.9. The second-order valence-electron chi connectivity index (χ2n) is 6.49. The van der Waals surface area contributed by atoms with Gasteiger partial charge in [0.05, 0.1) is 4.92 Å². The fourth-order valence-electron chi connectivity index (χ4n) is 3.03. The maximum atomic E-state index is 11.9. The number of aromatic nitrogens is 1. The van der Waals surface area contributed by atoms with Crippen molar-refractivity contribution in [1.82, 2.24) is 9.88 Å². The number of carbonyl (C=O) groups is 1. The van der Waals surface area contributed by atoms with Gasteiger partial charge in [-0.15, -0.1) is 0 Å². The highest BCUT2D eigenvalue weighted by Gasteiger charge is 2.14. The van der Waals surface area contributed by atoms with Crippen LogP contribution in [0.4, 0.5) is 10.5 Å². The van der Waals surface area contributed by atoms with Crippen LogP contribution in [0, 0.1) is 10.1 Å².